The van der Waals surface area contributed by atoms with E-state index < -0.39 is 41.1 Å². The van der Waals surface area contributed by atoms with Gasteiger partial charge < -0.3 is 9.84 Å². The molecule has 2 N–H and O–H groups in total. The summed E-state index contributed by atoms with van der Waals surface area (Å²) >= 11 is 0. The standard InChI is InChI=1S/C13H14F3NO4/c1-8(18)6-7-21-12(13(14,15)16)10-5-3-2-4-9(10)11(19)17(12)20/h2-5,8,18,20H,6-7H2,1H3. The van der Waals surface area contributed by atoms with Crippen molar-refractivity contribution in [2.24, 2.45) is 0 Å². The lowest BCUT2D eigenvalue weighted by Gasteiger charge is -2.36. The molecule has 1 aliphatic rings. The van der Waals surface area contributed by atoms with Gasteiger partial charge in [0, 0.05) is 5.56 Å². The number of benzene rings is 1. The third-order valence-electron chi connectivity index (χ3n) is 3.24. The van der Waals surface area contributed by atoms with Crippen molar-refractivity contribution in [1.29, 1.82) is 0 Å². The topological polar surface area (TPSA) is 70.0 Å². The number of alkyl halides is 3. The van der Waals surface area contributed by atoms with E-state index in [1.165, 1.54) is 25.1 Å². The molecule has 0 fully saturated rings. The van der Waals surface area contributed by atoms with Crippen molar-refractivity contribution in [3.8, 4) is 0 Å². The number of rotatable bonds is 4. The lowest BCUT2D eigenvalue weighted by molar-refractivity contribution is -0.378. The Morgan fingerprint density at radius 3 is 2.57 bits per heavy atom. The molecule has 2 atom stereocenters. The molecule has 8 heteroatoms. The largest absolute Gasteiger partial charge is 0.443 e. The normalized spacial score (nSPS) is 23.3. The molecule has 0 saturated carbocycles. The Balaban J connectivity index is 2.48. The maximum Gasteiger partial charge on any atom is 0.443 e. The first-order valence-electron chi connectivity index (χ1n) is 6.23. The summed E-state index contributed by atoms with van der Waals surface area (Å²) in [6.07, 6.45) is -5.97. The first kappa shape index (κ1) is 15.7. The second kappa shape index (κ2) is 5.28. The van der Waals surface area contributed by atoms with Crippen molar-refractivity contribution < 1.29 is 33.0 Å². The van der Waals surface area contributed by atoms with Crippen LogP contribution >= 0.6 is 0 Å². The number of carbonyl (C=O) groups excluding carboxylic acids is 1. The first-order valence-corrected chi connectivity index (χ1v) is 6.23. The third-order valence-corrected chi connectivity index (χ3v) is 3.24. The van der Waals surface area contributed by atoms with Gasteiger partial charge in [-0.3, -0.25) is 10.0 Å². The smallest absolute Gasteiger partial charge is 0.393 e. The summed E-state index contributed by atoms with van der Waals surface area (Å²) in [6.45, 7) is 0.921. The van der Waals surface area contributed by atoms with Crippen molar-refractivity contribution in [3.63, 3.8) is 0 Å². The zero-order chi connectivity index (χ0) is 15.8. The summed E-state index contributed by atoms with van der Waals surface area (Å²) < 4.78 is 45.3. The summed E-state index contributed by atoms with van der Waals surface area (Å²) in [5, 5.41) is 18.4. The highest BCUT2D eigenvalue weighted by Crippen LogP contribution is 2.49. The minimum atomic E-state index is -5.04. The van der Waals surface area contributed by atoms with Crippen LogP contribution < -0.4 is 0 Å². The molecular weight excluding hydrogens is 291 g/mol. The molecule has 1 amide bonds. The molecule has 1 aromatic carbocycles. The van der Waals surface area contributed by atoms with Crippen molar-refractivity contribution in [3.05, 3.63) is 35.4 Å². The van der Waals surface area contributed by atoms with Crippen LogP contribution in [0.2, 0.25) is 0 Å². The van der Waals surface area contributed by atoms with E-state index in [1.807, 2.05) is 0 Å². The number of fused-ring (bicyclic) bond motifs is 1. The Kier molecular flexibility index (Phi) is 3.96. The van der Waals surface area contributed by atoms with E-state index in [0.717, 1.165) is 6.07 Å². The van der Waals surface area contributed by atoms with E-state index in [1.54, 1.807) is 0 Å². The highest BCUT2D eigenvalue weighted by atomic mass is 19.4. The molecule has 0 radical (unpaired) electrons. The summed E-state index contributed by atoms with van der Waals surface area (Å²) in [6, 6.07) is 4.99. The number of hydrogen-bond donors (Lipinski definition) is 2. The van der Waals surface area contributed by atoms with E-state index in [-0.39, 0.29) is 12.0 Å². The molecule has 0 spiro atoms. The van der Waals surface area contributed by atoms with Gasteiger partial charge >= 0.3 is 6.18 Å². The number of aliphatic hydroxyl groups is 1. The van der Waals surface area contributed by atoms with Gasteiger partial charge in [0.25, 0.3) is 11.6 Å². The number of nitrogens with zero attached hydrogens (tertiary/aromatic N) is 1. The van der Waals surface area contributed by atoms with E-state index in [4.69, 9.17) is 9.84 Å². The number of hydrogen-bond acceptors (Lipinski definition) is 4. The molecule has 0 aliphatic carbocycles. The first-order chi connectivity index (χ1) is 9.72. The molecule has 0 saturated heterocycles. The fourth-order valence-corrected chi connectivity index (χ4v) is 2.21. The Morgan fingerprint density at radius 2 is 2.00 bits per heavy atom. The molecule has 1 aromatic rings. The Bertz CT molecular complexity index is 546. The number of ether oxygens (including phenoxy) is 1. The monoisotopic (exact) mass is 305 g/mol. The van der Waals surface area contributed by atoms with Gasteiger partial charge in [0.15, 0.2) is 0 Å². The number of carbonyl (C=O) groups is 1. The lowest BCUT2D eigenvalue weighted by atomic mass is 10.0. The van der Waals surface area contributed by atoms with E-state index >= 15 is 0 Å². The predicted molar refractivity (Wildman–Crippen MR) is 64.4 cm³/mol. The summed E-state index contributed by atoms with van der Waals surface area (Å²) in [5.74, 6) is -1.18. The molecule has 0 aromatic heterocycles. The van der Waals surface area contributed by atoms with E-state index in [2.05, 4.69) is 0 Å². The average Bonchev–Trinajstić information content (AvgIpc) is 2.61. The van der Waals surface area contributed by atoms with Crippen molar-refractivity contribution >= 4 is 5.91 Å². The van der Waals surface area contributed by atoms with Crippen LogP contribution in [-0.2, 0) is 10.5 Å². The van der Waals surface area contributed by atoms with Crippen LogP contribution in [0, 0.1) is 0 Å². The minimum absolute atomic E-state index is 0.0674. The fraction of sp³-hybridized carbons (Fsp3) is 0.462. The number of halogens is 3. The average molecular weight is 305 g/mol. The second-order valence-electron chi connectivity index (χ2n) is 4.79. The Labute approximate surface area is 118 Å². The van der Waals surface area contributed by atoms with Gasteiger partial charge in [-0.15, -0.1) is 0 Å². The molecule has 1 aliphatic heterocycles. The van der Waals surface area contributed by atoms with Crippen LogP contribution in [0.1, 0.15) is 29.3 Å². The highest BCUT2D eigenvalue weighted by Gasteiger charge is 2.68. The van der Waals surface area contributed by atoms with Crippen LogP contribution in [0.15, 0.2) is 24.3 Å². The number of amides is 1. The van der Waals surface area contributed by atoms with Crippen LogP contribution in [0.4, 0.5) is 13.2 Å². The molecule has 21 heavy (non-hydrogen) atoms. The molecule has 2 rings (SSSR count). The van der Waals surface area contributed by atoms with Crippen molar-refractivity contribution in [1.82, 2.24) is 5.06 Å². The van der Waals surface area contributed by atoms with Crippen LogP contribution in [0.25, 0.3) is 0 Å². The van der Waals surface area contributed by atoms with Gasteiger partial charge in [0.1, 0.15) is 0 Å². The van der Waals surface area contributed by atoms with Gasteiger partial charge in [-0.2, -0.15) is 18.2 Å². The van der Waals surface area contributed by atoms with Gasteiger partial charge in [-0.25, -0.2) is 0 Å². The Hall–Kier alpha value is -1.64. The maximum atomic E-state index is 13.5. The number of hydroxylamine groups is 2. The van der Waals surface area contributed by atoms with Crippen molar-refractivity contribution in [2.75, 3.05) is 6.61 Å². The van der Waals surface area contributed by atoms with Gasteiger partial charge in [-0.1, -0.05) is 18.2 Å². The number of aliphatic hydroxyl groups excluding tert-OH is 1. The molecule has 0 bridgehead atoms. The molecular formula is C13H14F3NO4. The summed E-state index contributed by atoms with van der Waals surface area (Å²) in [4.78, 5) is 11.8. The molecule has 1 heterocycles. The highest BCUT2D eigenvalue weighted by molar-refractivity contribution is 5.99. The zero-order valence-electron chi connectivity index (χ0n) is 11.1. The summed E-state index contributed by atoms with van der Waals surface area (Å²) in [5.41, 5.74) is -3.97. The van der Waals surface area contributed by atoms with Crippen LogP contribution in [0.5, 0.6) is 0 Å². The fourth-order valence-electron chi connectivity index (χ4n) is 2.21. The molecule has 2 unspecified atom stereocenters. The zero-order valence-corrected chi connectivity index (χ0v) is 11.1. The third kappa shape index (κ3) is 2.39. The van der Waals surface area contributed by atoms with Crippen LogP contribution in [-0.4, -0.2) is 40.2 Å². The Morgan fingerprint density at radius 1 is 1.38 bits per heavy atom. The second-order valence-corrected chi connectivity index (χ2v) is 4.79. The van der Waals surface area contributed by atoms with E-state index in [9.17, 15) is 23.2 Å². The van der Waals surface area contributed by atoms with Gasteiger partial charge in [-0.05, 0) is 19.4 Å². The predicted octanol–water partition coefficient (Wildman–Crippen LogP) is 2.03. The molecule has 116 valence electrons. The lowest BCUT2D eigenvalue weighted by Crippen LogP contribution is -2.55. The quantitative estimate of drug-likeness (QED) is 0.835. The van der Waals surface area contributed by atoms with Gasteiger partial charge in [0.2, 0.25) is 0 Å². The SMILES string of the molecule is CC(O)CCOC1(C(F)(F)F)c2ccccc2C(=O)N1O. The van der Waals surface area contributed by atoms with Crippen LogP contribution in [0.3, 0.4) is 0 Å². The van der Waals surface area contributed by atoms with Gasteiger partial charge in [0.05, 0.1) is 18.3 Å². The minimum Gasteiger partial charge on any atom is -0.393 e. The van der Waals surface area contributed by atoms with Crippen molar-refractivity contribution in [2.45, 2.75) is 31.3 Å². The molecule has 5 nitrogen and oxygen atoms in total. The maximum absolute atomic E-state index is 13.5. The summed E-state index contributed by atoms with van der Waals surface area (Å²) in [7, 11) is 0. The van der Waals surface area contributed by atoms with E-state index in [0.29, 0.717) is 0 Å².